The lowest BCUT2D eigenvalue weighted by Gasteiger charge is -2.28. The Labute approximate surface area is 113 Å². The zero-order chi connectivity index (χ0) is 13.8. The van der Waals surface area contributed by atoms with Gasteiger partial charge in [-0.1, -0.05) is 22.9 Å². The fraction of sp³-hybridized carbons (Fsp3) is 0.545. The molecule has 0 spiro atoms. The Morgan fingerprint density at radius 1 is 1.61 bits per heavy atom. The molecule has 18 heavy (non-hydrogen) atoms. The predicted octanol–water partition coefficient (Wildman–Crippen LogP) is 2.87. The van der Waals surface area contributed by atoms with Crippen LogP contribution in [0.1, 0.15) is 37.2 Å². The van der Waals surface area contributed by atoms with Gasteiger partial charge in [0, 0.05) is 10.9 Å². The van der Waals surface area contributed by atoms with Crippen LogP contribution in [-0.2, 0) is 0 Å². The largest absolute Gasteiger partial charge is 0.433 e. The van der Waals surface area contributed by atoms with Gasteiger partial charge in [-0.15, -0.1) is 0 Å². The van der Waals surface area contributed by atoms with Crippen molar-refractivity contribution < 1.29 is 14.1 Å². The van der Waals surface area contributed by atoms with Crippen LogP contribution in [0.25, 0.3) is 0 Å². The number of nitro groups is 1. The van der Waals surface area contributed by atoms with Crippen LogP contribution >= 0.6 is 15.9 Å². The number of amides is 1. The van der Waals surface area contributed by atoms with E-state index in [1.54, 1.807) is 0 Å². The average molecular weight is 319 g/mol. The lowest BCUT2D eigenvalue weighted by molar-refractivity contribution is -0.402. The number of alkyl halides is 1. The van der Waals surface area contributed by atoms with Gasteiger partial charge in [-0.25, -0.2) is 0 Å². The Morgan fingerprint density at radius 2 is 2.28 bits per heavy atom. The predicted molar refractivity (Wildman–Crippen MR) is 69.9 cm³/mol. The van der Waals surface area contributed by atoms with Gasteiger partial charge in [-0.3, -0.25) is 14.9 Å². The van der Waals surface area contributed by atoms with E-state index < -0.39 is 16.7 Å². The summed E-state index contributed by atoms with van der Waals surface area (Å²) in [5, 5.41) is 14.0. The van der Waals surface area contributed by atoms with Crippen LogP contribution in [-0.4, -0.2) is 21.7 Å². The topological polar surface area (TPSA) is 85.4 Å². The molecule has 6 nitrogen and oxygen atoms in total. The van der Waals surface area contributed by atoms with Crippen molar-refractivity contribution in [3.63, 3.8) is 0 Å². The summed E-state index contributed by atoms with van der Waals surface area (Å²) in [6.45, 7) is 3.89. The van der Waals surface area contributed by atoms with Gasteiger partial charge in [0.05, 0.1) is 6.07 Å². The Hall–Kier alpha value is -1.37. The van der Waals surface area contributed by atoms with Crippen molar-refractivity contribution in [1.29, 1.82) is 0 Å². The summed E-state index contributed by atoms with van der Waals surface area (Å²) < 4.78 is 4.85. The zero-order valence-electron chi connectivity index (χ0n) is 10.2. The molecule has 1 rings (SSSR count). The molecule has 0 aliphatic rings. The van der Waals surface area contributed by atoms with Gasteiger partial charge in [0.25, 0.3) is 5.91 Å². The van der Waals surface area contributed by atoms with E-state index in [2.05, 4.69) is 21.2 Å². The summed E-state index contributed by atoms with van der Waals surface area (Å²) in [7, 11) is 0. The molecule has 0 radical (unpaired) electrons. The first-order valence-corrected chi connectivity index (χ1v) is 6.66. The molecule has 1 N–H and O–H groups in total. The highest BCUT2D eigenvalue weighted by Crippen LogP contribution is 2.19. The maximum absolute atomic E-state index is 11.9. The summed E-state index contributed by atoms with van der Waals surface area (Å²) in [5.41, 5.74) is -0.359. The normalized spacial score (nSPS) is 13.9. The average Bonchev–Trinajstić information content (AvgIpc) is 2.78. The van der Waals surface area contributed by atoms with Crippen molar-refractivity contribution in [2.24, 2.45) is 0 Å². The minimum atomic E-state index is -0.672. The smallest absolute Gasteiger partial charge is 0.395 e. The molecule has 1 aromatic heterocycles. The van der Waals surface area contributed by atoms with Gasteiger partial charge < -0.3 is 9.73 Å². The number of carbonyl (C=O) groups excluding carboxylic acids is 1. The Bertz CT molecular complexity index is 446. The van der Waals surface area contributed by atoms with Crippen molar-refractivity contribution in [2.75, 3.05) is 5.33 Å². The van der Waals surface area contributed by atoms with Gasteiger partial charge in [0.15, 0.2) is 5.76 Å². The molecule has 0 aliphatic carbocycles. The zero-order valence-corrected chi connectivity index (χ0v) is 11.8. The molecule has 100 valence electrons. The van der Waals surface area contributed by atoms with Crippen LogP contribution in [0.2, 0.25) is 0 Å². The first-order valence-electron chi connectivity index (χ1n) is 5.54. The fourth-order valence-corrected chi connectivity index (χ4v) is 2.29. The molecule has 7 heteroatoms. The van der Waals surface area contributed by atoms with Gasteiger partial charge in [-0.2, -0.15) is 0 Å². The van der Waals surface area contributed by atoms with Gasteiger partial charge in [0.1, 0.15) is 4.92 Å². The van der Waals surface area contributed by atoms with Crippen LogP contribution in [0.4, 0.5) is 5.88 Å². The summed E-state index contributed by atoms with van der Waals surface area (Å²) in [6.07, 6.45) is 1.52. The molecule has 0 aromatic carbocycles. The number of hydrogen-bond donors (Lipinski definition) is 1. The molecule has 1 atom stereocenters. The first-order chi connectivity index (χ1) is 8.41. The van der Waals surface area contributed by atoms with Crippen molar-refractivity contribution in [3.05, 3.63) is 28.0 Å². The molecule has 0 aliphatic heterocycles. The molecular formula is C11H15BrN2O4. The Kier molecular flexibility index (Phi) is 4.89. The highest BCUT2D eigenvalue weighted by molar-refractivity contribution is 9.09. The summed E-state index contributed by atoms with van der Waals surface area (Å²) >= 11 is 3.33. The quantitative estimate of drug-likeness (QED) is 0.496. The van der Waals surface area contributed by atoms with E-state index in [9.17, 15) is 14.9 Å². The number of nitrogens with zero attached hydrogens (tertiary/aromatic N) is 1. The Morgan fingerprint density at radius 3 is 2.72 bits per heavy atom. The van der Waals surface area contributed by atoms with E-state index in [0.29, 0.717) is 0 Å². The van der Waals surface area contributed by atoms with Crippen LogP contribution < -0.4 is 5.32 Å². The van der Waals surface area contributed by atoms with Crippen LogP contribution in [0.5, 0.6) is 0 Å². The van der Waals surface area contributed by atoms with Gasteiger partial charge >= 0.3 is 5.88 Å². The number of rotatable bonds is 6. The molecule has 0 fully saturated rings. The van der Waals surface area contributed by atoms with Crippen molar-refractivity contribution in [2.45, 2.75) is 32.2 Å². The number of halogens is 1. The number of hydrogen-bond acceptors (Lipinski definition) is 4. The van der Waals surface area contributed by atoms with Gasteiger partial charge in [0.2, 0.25) is 0 Å². The van der Waals surface area contributed by atoms with Crippen LogP contribution in [0.15, 0.2) is 16.5 Å². The molecule has 0 saturated carbocycles. The highest BCUT2D eigenvalue weighted by atomic mass is 79.9. The van der Waals surface area contributed by atoms with E-state index in [4.69, 9.17) is 4.42 Å². The van der Waals surface area contributed by atoms with E-state index in [1.165, 1.54) is 12.1 Å². The third-order valence-electron chi connectivity index (χ3n) is 2.84. The molecule has 1 unspecified atom stereocenters. The van der Waals surface area contributed by atoms with Crippen LogP contribution in [0, 0.1) is 10.1 Å². The summed E-state index contributed by atoms with van der Waals surface area (Å²) in [5.74, 6) is -0.914. The van der Waals surface area contributed by atoms with E-state index in [0.717, 1.165) is 18.2 Å². The minimum absolute atomic E-state index is 0.0454. The summed E-state index contributed by atoms with van der Waals surface area (Å²) in [4.78, 5) is 21.7. The number of furan rings is 1. The summed E-state index contributed by atoms with van der Waals surface area (Å²) in [6, 6.07) is 2.47. The molecule has 1 heterocycles. The third-order valence-corrected chi connectivity index (χ3v) is 3.23. The molecule has 1 amide bonds. The minimum Gasteiger partial charge on any atom is -0.395 e. The molecular weight excluding hydrogens is 304 g/mol. The lowest BCUT2D eigenvalue weighted by atomic mass is 9.95. The standard InChI is InChI=1S/C11H15BrN2O4/c1-3-11(2,6-7-12)13-10(15)8-4-5-9(18-8)14(16)17/h4-5H,3,6-7H2,1-2H3,(H,13,15). The lowest BCUT2D eigenvalue weighted by Crippen LogP contribution is -2.45. The highest BCUT2D eigenvalue weighted by Gasteiger charge is 2.26. The maximum Gasteiger partial charge on any atom is 0.433 e. The number of carbonyl (C=O) groups is 1. The third kappa shape index (κ3) is 3.56. The van der Waals surface area contributed by atoms with E-state index in [1.807, 2.05) is 13.8 Å². The Balaban J connectivity index is 2.77. The van der Waals surface area contributed by atoms with Crippen LogP contribution in [0.3, 0.4) is 0 Å². The SMILES string of the molecule is CCC(C)(CCBr)NC(=O)c1ccc([N+](=O)[O-])o1. The molecule has 0 saturated heterocycles. The molecule has 0 bridgehead atoms. The monoisotopic (exact) mass is 318 g/mol. The van der Waals surface area contributed by atoms with Gasteiger partial charge in [-0.05, 0) is 25.8 Å². The number of nitrogens with one attached hydrogen (secondary N) is 1. The van der Waals surface area contributed by atoms with Crippen molar-refractivity contribution >= 4 is 27.7 Å². The molecule has 1 aromatic rings. The van der Waals surface area contributed by atoms with E-state index in [-0.39, 0.29) is 11.3 Å². The van der Waals surface area contributed by atoms with E-state index >= 15 is 0 Å². The fourth-order valence-electron chi connectivity index (χ4n) is 1.42. The second-order valence-electron chi connectivity index (χ2n) is 4.20. The van der Waals surface area contributed by atoms with Crippen molar-refractivity contribution in [1.82, 2.24) is 5.32 Å². The first kappa shape index (κ1) is 14.7. The maximum atomic E-state index is 11.9. The second kappa shape index (κ2) is 5.99. The van der Waals surface area contributed by atoms with Crippen molar-refractivity contribution in [3.8, 4) is 0 Å². The second-order valence-corrected chi connectivity index (χ2v) is 5.00.